The van der Waals surface area contributed by atoms with Crippen molar-refractivity contribution in [2.24, 2.45) is 0 Å². The minimum atomic E-state index is -0.750. The second-order valence-corrected chi connectivity index (χ2v) is 5.63. The Morgan fingerprint density at radius 1 is 0.944 bits per heavy atom. The molecule has 5 heteroatoms. The van der Waals surface area contributed by atoms with Crippen LogP contribution >= 0.6 is 34.8 Å². The average molecular weight is 322 g/mol. The van der Waals surface area contributed by atoms with Gasteiger partial charge in [0.15, 0.2) is 4.30 Å². The molecule has 0 aromatic carbocycles. The topological polar surface area (TPSA) is 26.3 Å². The molecule has 0 rings (SSSR count). The van der Waals surface area contributed by atoms with Gasteiger partial charge in [-0.2, -0.15) is 0 Å². The van der Waals surface area contributed by atoms with Crippen LogP contribution < -0.4 is 0 Å². The molecule has 0 aliphatic rings. The van der Waals surface area contributed by atoms with Gasteiger partial charge in [0.1, 0.15) is 0 Å². The van der Waals surface area contributed by atoms with Gasteiger partial charge >= 0.3 is 5.97 Å². The van der Waals surface area contributed by atoms with Crippen molar-refractivity contribution in [2.75, 3.05) is 6.61 Å². The van der Waals surface area contributed by atoms with Crippen molar-refractivity contribution in [2.45, 2.75) is 70.5 Å². The Morgan fingerprint density at radius 3 is 1.50 bits per heavy atom. The number of unbranched alkanes of at least 4 members (excludes halogenated alkanes) is 4. The minimum absolute atomic E-state index is 0.182. The summed E-state index contributed by atoms with van der Waals surface area (Å²) >= 11 is 14.4. The van der Waals surface area contributed by atoms with Crippen LogP contribution in [-0.2, 0) is 9.53 Å². The summed E-state index contributed by atoms with van der Waals surface area (Å²) in [5.41, 5.74) is 0. The standard InChI is InChI=1S/C6H12O2.C6H14.CHCl3/c1-3-4-5-8-6(2)7;1-3-5-6-4-2;2-1(3)4/h3-5H2,1-2H3;3-6H2,1-2H3;1H. The maximum atomic E-state index is 10.1. The number of rotatable bonds is 6. The summed E-state index contributed by atoms with van der Waals surface area (Å²) in [6, 6.07) is 0. The number of hydrogen-bond acceptors (Lipinski definition) is 2. The lowest BCUT2D eigenvalue weighted by atomic mass is 10.2. The molecule has 0 atom stereocenters. The van der Waals surface area contributed by atoms with Crippen molar-refractivity contribution < 1.29 is 9.53 Å². The summed E-state index contributed by atoms with van der Waals surface area (Å²) < 4.78 is 3.89. The molecule has 0 aliphatic carbocycles. The molecule has 18 heavy (non-hydrogen) atoms. The molecule has 112 valence electrons. The van der Waals surface area contributed by atoms with Gasteiger partial charge in [-0.15, -0.1) is 0 Å². The molecule has 0 spiro atoms. The molecule has 0 aromatic heterocycles. The third-order valence-corrected chi connectivity index (χ3v) is 1.76. The first-order chi connectivity index (χ1) is 8.42. The molecule has 0 radical (unpaired) electrons. The molecule has 0 bridgehead atoms. The van der Waals surface area contributed by atoms with E-state index < -0.39 is 4.30 Å². The zero-order valence-electron chi connectivity index (χ0n) is 12.0. The average Bonchev–Trinajstić information content (AvgIpc) is 2.26. The fraction of sp³-hybridized carbons (Fsp3) is 0.923. The number of hydrogen-bond donors (Lipinski definition) is 0. The highest BCUT2D eigenvalue weighted by molar-refractivity contribution is 6.63. The van der Waals surface area contributed by atoms with E-state index in [-0.39, 0.29) is 5.97 Å². The van der Waals surface area contributed by atoms with Crippen LogP contribution in [-0.4, -0.2) is 16.9 Å². The fourth-order valence-corrected chi connectivity index (χ4v) is 0.860. The van der Waals surface area contributed by atoms with Gasteiger partial charge in [-0.3, -0.25) is 4.79 Å². The molecular formula is C13H27Cl3O2. The van der Waals surface area contributed by atoms with Crippen LogP contribution in [0.15, 0.2) is 0 Å². The molecule has 0 unspecified atom stereocenters. The highest BCUT2D eigenvalue weighted by Gasteiger charge is 1.88. The maximum absolute atomic E-state index is 10.1. The second kappa shape index (κ2) is 22.5. The Labute approximate surface area is 127 Å². The van der Waals surface area contributed by atoms with Crippen molar-refractivity contribution in [3.63, 3.8) is 0 Å². The SMILES string of the molecule is CCCCCC.CCCCOC(C)=O.ClC(Cl)Cl. The minimum Gasteiger partial charge on any atom is -0.466 e. The first kappa shape index (κ1) is 23.4. The number of carbonyl (C=O) groups excluding carboxylic acids is 1. The van der Waals surface area contributed by atoms with E-state index in [0.717, 1.165) is 12.8 Å². The van der Waals surface area contributed by atoms with E-state index in [1.165, 1.54) is 32.6 Å². The molecule has 0 heterocycles. The zero-order valence-corrected chi connectivity index (χ0v) is 14.2. The van der Waals surface area contributed by atoms with E-state index >= 15 is 0 Å². The Hall–Kier alpha value is 0.340. The smallest absolute Gasteiger partial charge is 0.302 e. The second-order valence-electron chi connectivity index (χ2n) is 3.65. The first-order valence-electron chi connectivity index (χ1n) is 6.47. The lowest BCUT2D eigenvalue weighted by Gasteiger charge is -1.96. The van der Waals surface area contributed by atoms with Gasteiger partial charge in [0, 0.05) is 6.92 Å². The van der Waals surface area contributed by atoms with E-state index in [9.17, 15) is 4.79 Å². The van der Waals surface area contributed by atoms with Crippen molar-refractivity contribution in [3.8, 4) is 0 Å². The molecule has 0 amide bonds. The van der Waals surface area contributed by atoms with E-state index in [2.05, 4.69) is 25.5 Å². The van der Waals surface area contributed by atoms with Crippen LogP contribution in [0.4, 0.5) is 0 Å². The van der Waals surface area contributed by atoms with Gasteiger partial charge in [-0.05, 0) is 6.42 Å². The van der Waals surface area contributed by atoms with E-state index in [1.807, 2.05) is 0 Å². The molecule has 0 fully saturated rings. The Morgan fingerprint density at radius 2 is 1.28 bits per heavy atom. The largest absolute Gasteiger partial charge is 0.466 e. The van der Waals surface area contributed by atoms with Gasteiger partial charge in [0.2, 0.25) is 0 Å². The number of halogens is 3. The summed E-state index contributed by atoms with van der Waals surface area (Å²) in [6.07, 6.45) is 7.58. The number of esters is 1. The summed E-state index contributed by atoms with van der Waals surface area (Å²) in [7, 11) is 0. The van der Waals surface area contributed by atoms with Gasteiger partial charge in [0.25, 0.3) is 0 Å². The zero-order chi connectivity index (χ0) is 14.8. The Bertz CT molecular complexity index is 146. The lowest BCUT2D eigenvalue weighted by Crippen LogP contribution is -1.99. The fourth-order valence-electron chi connectivity index (χ4n) is 0.860. The normalized spacial score (nSPS) is 8.89. The quantitative estimate of drug-likeness (QED) is 0.344. The number of alkyl halides is 3. The monoisotopic (exact) mass is 320 g/mol. The Kier molecular flexibility index (Phi) is 29.3. The third-order valence-electron chi connectivity index (χ3n) is 1.76. The molecule has 0 saturated heterocycles. The van der Waals surface area contributed by atoms with Gasteiger partial charge < -0.3 is 4.74 Å². The highest BCUT2D eigenvalue weighted by Crippen LogP contribution is 2.03. The van der Waals surface area contributed by atoms with Gasteiger partial charge in [-0.1, -0.05) is 87.7 Å². The van der Waals surface area contributed by atoms with Crippen LogP contribution in [0, 0.1) is 0 Å². The van der Waals surface area contributed by atoms with Gasteiger partial charge in [0.05, 0.1) is 6.61 Å². The van der Waals surface area contributed by atoms with Gasteiger partial charge in [-0.25, -0.2) is 0 Å². The summed E-state index contributed by atoms with van der Waals surface area (Å²) in [6.45, 7) is 8.52. The van der Waals surface area contributed by atoms with Crippen LogP contribution in [0.2, 0.25) is 0 Å². The van der Waals surface area contributed by atoms with E-state index in [4.69, 9.17) is 34.8 Å². The van der Waals surface area contributed by atoms with Crippen molar-refractivity contribution >= 4 is 40.8 Å². The number of ether oxygens (including phenoxy) is 1. The van der Waals surface area contributed by atoms with Crippen LogP contribution in [0.3, 0.4) is 0 Å². The van der Waals surface area contributed by atoms with Crippen LogP contribution in [0.5, 0.6) is 0 Å². The Balaban J connectivity index is -0.000000200. The summed E-state index contributed by atoms with van der Waals surface area (Å²) in [4.78, 5) is 10.1. The molecule has 2 nitrogen and oxygen atoms in total. The van der Waals surface area contributed by atoms with Crippen LogP contribution in [0.1, 0.15) is 66.2 Å². The van der Waals surface area contributed by atoms with Crippen molar-refractivity contribution in [1.82, 2.24) is 0 Å². The molecule has 0 aliphatic heterocycles. The van der Waals surface area contributed by atoms with Crippen LogP contribution in [0.25, 0.3) is 0 Å². The first-order valence-corrected chi connectivity index (χ1v) is 7.78. The lowest BCUT2D eigenvalue weighted by molar-refractivity contribution is -0.141. The maximum Gasteiger partial charge on any atom is 0.302 e. The summed E-state index contributed by atoms with van der Waals surface area (Å²) in [5.74, 6) is -0.182. The highest BCUT2D eigenvalue weighted by atomic mass is 35.6. The van der Waals surface area contributed by atoms with E-state index in [1.54, 1.807) is 0 Å². The van der Waals surface area contributed by atoms with Crippen molar-refractivity contribution in [3.05, 3.63) is 0 Å². The molecular weight excluding hydrogens is 294 g/mol. The van der Waals surface area contributed by atoms with Crippen molar-refractivity contribution in [1.29, 1.82) is 0 Å². The number of carbonyl (C=O) groups is 1. The molecule has 0 aromatic rings. The predicted octanol–water partition coefficient (Wildman–Crippen LogP) is 5.92. The van der Waals surface area contributed by atoms with E-state index in [0.29, 0.717) is 6.61 Å². The summed E-state index contributed by atoms with van der Waals surface area (Å²) in [5, 5.41) is 0. The molecule has 0 saturated carbocycles. The third kappa shape index (κ3) is 55.3. The molecule has 0 N–H and O–H groups in total. The predicted molar refractivity (Wildman–Crippen MR) is 82.7 cm³/mol.